The van der Waals surface area contributed by atoms with Crippen molar-refractivity contribution < 1.29 is 0 Å². The number of aromatic nitrogens is 1. The zero-order valence-electron chi connectivity index (χ0n) is 14.7. The molecule has 0 unspecified atom stereocenters. The van der Waals surface area contributed by atoms with Gasteiger partial charge in [-0.05, 0) is 47.9 Å². The van der Waals surface area contributed by atoms with Crippen molar-refractivity contribution in [3.63, 3.8) is 0 Å². The molecule has 0 spiro atoms. The minimum Gasteiger partial charge on any atom is -0.309 e. The summed E-state index contributed by atoms with van der Waals surface area (Å²) < 4.78 is 2.38. The third-order valence-corrected chi connectivity index (χ3v) is 5.12. The molecule has 5 rings (SSSR count). The van der Waals surface area contributed by atoms with Crippen molar-refractivity contribution in [1.82, 2.24) is 4.57 Å². The van der Waals surface area contributed by atoms with Crippen LogP contribution in [0.5, 0.6) is 0 Å². The number of benzene rings is 4. The van der Waals surface area contributed by atoms with Gasteiger partial charge in [0, 0.05) is 16.5 Å². The van der Waals surface area contributed by atoms with E-state index in [9.17, 15) is 0 Å². The number of hydrogen-bond donors (Lipinski definition) is 0. The third kappa shape index (κ3) is 2.25. The fraction of sp³-hybridized carbons (Fsp3) is 0.0400. The summed E-state index contributed by atoms with van der Waals surface area (Å²) in [6.45, 7) is 2.20. The second-order valence-corrected chi connectivity index (χ2v) is 6.74. The summed E-state index contributed by atoms with van der Waals surface area (Å²) in [6, 6.07) is 34.6. The highest BCUT2D eigenvalue weighted by Gasteiger charge is 2.14. The van der Waals surface area contributed by atoms with Crippen LogP contribution in [-0.2, 0) is 0 Å². The maximum Gasteiger partial charge on any atom is 0.0547 e. The van der Waals surface area contributed by atoms with Crippen LogP contribution in [0.25, 0.3) is 38.6 Å². The first kappa shape index (κ1) is 15.0. The van der Waals surface area contributed by atoms with E-state index >= 15 is 0 Å². The van der Waals surface area contributed by atoms with E-state index in [1.807, 2.05) is 0 Å². The topological polar surface area (TPSA) is 4.93 Å². The molecule has 1 heterocycles. The predicted molar refractivity (Wildman–Crippen MR) is 111 cm³/mol. The summed E-state index contributed by atoms with van der Waals surface area (Å²) in [4.78, 5) is 0. The highest BCUT2D eigenvalue weighted by atomic mass is 15.0. The monoisotopic (exact) mass is 333 g/mol. The summed E-state index contributed by atoms with van der Waals surface area (Å²) in [5.74, 6) is 0. The van der Waals surface area contributed by atoms with Crippen LogP contribution >= 0.6 is 0 Å². The fourth-order valence-electron chi connectivity index (χ4n) is 3.91. The Morgan fingerprint density at radius 3 is 2.08 bits per heavy atom. The largest absolute Gasteiger partial charge is 0.309 e. The van der Waals surface area contributed by atoms with Gasteiger partial charge in [-0.3, -0.25) is 0 Å². The van der Waals surface area contributed by atoms with Crippen molar-refractivity contribution in [2.75, 3.05) is 0 Å². The van der Waals surface area contributed by atoms with Crippen LogP contribution in [0.4, 0.5) is 0 Å². The van der Waals surface area contributed by atoms with Gasteiger partial charge in [-0.15, -0.1) is 0 Å². The Balaban J connectivity index is 1.91. The molecule has 26 heavy (non-hydrogen) atoms. The van der Waals surface area contributed by atoms with Crippen molar-refractivity contribution in [3.05, 3.63) is 103 Å². The summed E-state index contributed by atoms with van der Waals surface area (Å²) in [5, 5.41) is 2.65. The molecule has 5 aromatic rings. The Morgan fingerprint density at radius 2 is 1.31 bits per heavy atom. The lowest BCUT2D eigenvalue weighted by Gasteiger charge is -2.09. The summed E-state index contributed by atoms with van der Waals surface area (Å²) in [6.07, 6.45) is 0. The van der Waals surface area contributed by atoms with Crippen LogP contribution in [0, 0.1) is 6.92 Å². The van der Waals surface area contributed by atoms with Gasteiger partial charge in [-0.25, -0.2) is 0 Å². The van der Waals surface area contributed by atoms with Crippen molar-refractivity contribution in [1.29, 1.82) is 0 Å². The number of aryl methyl sites for hydroxylation is 1. The molecule has 1 heteroatoms. The summed E-state index contributed by atoms with van der Waals surface area (Å²) in [5.41, 5.74) is 7.52. The number of nitrogens with zero attached hydrogens (tertiary/aromatic N) is 1. The lowest BCUT2D eigenvalue weighted by atomic mass is 10.0. The Morgan fingerprint density at radius 1 is 0.577 bits per heavy atom. The molecule has 0 radical (unpaired) electrons. The molecule has 0 fully saturated rings. The average Bonchev–Trinajstić information content (AvgIpc) is 3.04. The van der Waals surface area contributed by atoms with E-state index in [0.717, 1.165) is 0 Å². The van der Waals surface area contributed by atoms with Crippen molar-refractivity contribution in [2.45, 2.75) is 6.92 Å². The van der Waals surface area contributed by atoms with E-state index in [1.165, 1.54) is 44.2 Å². The van der Waals surface area contributed by atoms with Crippen LogP contribution in [0.1, 0.15) is 5.56 Å². The van der Waals surface area contributed by atoms with Crippen LogP contribution in [0.3, 0.4) is 0 Å². The second-order valence-electron chi connectivity index (χ2n) is 6.74. The first-order valence-electron chi connectivity index (χ1n) is 8.97. The van der Waals surface area contributed by atoms with Crippen LogP contribution < -0.4 is 0 Å². The minimum absolute atomic E-state index is 1.20. The van der Waals surface area contributed by atoms with Crippen LogP contribution in [0.2, 0.25) is 0 Å². The maximum absolute atomic E-state index is 2.38. The minimum atomic E-state index is 1.20. The van der Waals surface area contributed by atoms with Crippen molar-refractivity contribution in [3.8, 4) is 16.8 Å². The molecule has 0 bridgehead atoms. The zero-order chi connectivity index (χ0) is 17.5. The van der Waals surface area contributed by atoms with Gasteiger partial charge in [0.05, 0.1) is 11.0 Å². The highest BCUT2D eigenvalue weighted by molar-refractivity contribution is 6.11. The van der Waals surface area contributed by atoms with Gasteiger partial charge in [0.2, 0.25) is 0 Å². The van der Waals surface area contributed by atoms with E-state index < -0.39 is 0 Å². The van der Waals surface area contributed by atoms with Crippen LogP contribution in [-0.4, -0.2) is 4.57 Å². The van der Waals surface area contributed by atoms with E-state index in [2.05, 4.69) is 109 Å². The molecule has 0 N–H and O–H groups in total. The molecule has 0 saturated carbocycles. The van der Waals surface area contributed by atoms with Crippen molar-refractivity contribution >= 4 is 21.8 Å². The van der Waals surface area contributed by atoms with E-state index in [1.54, 1.807) is 0 Å². The van der Waals surface area contributed by atoms with E-state index in [0.29, 0.717) is 0 Å². The Labute approximate surface area is 153 Å². The van der Waals surface area contributed by atoms with Crippen molar-refractivity contribution in [2.24, 2.45) is 0 Å². The lowest BCUT2D eigenvalue weighted by molar-refractivity contribution is 1.18. The normalized spacial score (nSPS) is 11.3. The zero-order valence-corrected chi connectivity index (χ0v) is 14.7. The molecule has 0 atom stereocenters. The molecule has 124 valence electrons. The quantitative estimate of drug-likeness (QED) is 0.336. The fourth-order valence-corrected chi connectivity index (χ4v) is 3.91. The Kier molecular flexibility index (Phi) is 3.39. The van der Waals surface area contributed by atoms with E-state index in [-0.39, 0.29) is 0 Å². The number of para-hydroxylation sites is 1. The number of hydrogen-bond acceptors (Lipinski definition) is 0. The van der Waals surface area contributed by atoms with Gasteiger partial charge in [0.15, 0.2) is 0 Å². The number of rotatable bonds is 2. The Hall–Kier alpha value is -3.32. The second kappa shape index (κ2) is 5.89. The molecule has 4 aromatic carbocycles. The molecule has 0 amide bonds. The highest BCUT2D eigenvalue weighted by Crippen LogP contribution is 2.36. The molecular formula is C25H19N. The predicted octanol–water partition coefficient (Wildman–Crippen LogP) is 6.76. The molecule has 0 aliphatic rings. The van der Waals surface area contributed by atoms with Gasteiger partial charge in [0.1, 0.15) is 0 Å². The van der Waals surface area contributed by atoms with Gasteiger partial charge < -0.3 is 4.57 Å². The summed E-state index contributed by atoms with van der Waals surface area (Å²) >= 11 is 0. The third-order valence-electron chi connectivity index (χ3n) is 5.12. The first-order chi connectivity index (χ1) is 12.8. The molecular weight excluding hydrogens is 314 g/mol. The molecule has 0 aliphatic heterocycles. The van der Waals surface area contributed by atoms with Gasteiger partial charge in [-0.2, -0.15) is 0 Å². The molecule has 1 aromatic heterocycles. The molecule has 0 aliphatic carbocycles. The maximum atomic E-state index is 2.38. The summed E-state index contributed by atoms with van der Waals surface area (Å²) in [7, 11) is 0. The molecule has 0 saturated heterocycles. The Bertz CT molecular complexity index is 1210. The van der Waals surface area contributed by atoms with E-state index in [4.69, 9.17) is 0 Å². The van der Waals surface area contributed by atoms with Crippen LogP contribution in [0.15, 0.2) is 97.1 Å². The smallest absolute Gasteiger partial charge is 0.0547 e. The number of fused-ring (bicyclic) bond motifs is 3. The standard InChI is InChI=1S/C25H19N/c1-18-9-8-14-23-25(18)22-16-15-20(19-10-4-2-5-11-19)17-24(22)26(23)21-12-6-3-7-13-21/h2-17H,1H3. The lowest BCUT2D eigenvalue weighted by Crippen LogP contribution is -1.93. The van der Waals surface area contributed by atoms with Gasteiger partial charge in [0.25, 0.3) is 0 Å². The van der Waals surface area contributed by atoms with Gasteiger partial charge in [-0.1, -0.05) is 72.8 Å². The molecule has 1 nitrogen and oxygen atoms in total. The first-order valence-corrected chi connectivity index (χ1v) is 8.97. The SMILES string of the molecule is Cc1cccc2c1c1ccc(-c3ccccc3)cc1n2-c1ccccc1. The average molecular weight is 333 g/mol. The van der Waals surface area contributed by atoms with Gasteiger partial charge >= 0.3 is 0 Å².